The van der Waals surface area contributed by atoms with E-state index in [4.69, 9.17) is 10.5 Å². The number of rotatable bonds is 3. The van der Waals surface area contributed by atoms with E-state index in [1.165, 1.54) is 0 Å². The van der Waals surface area contributed by atoms with Gasteiger partial charge in [-0.05, 0) is 43.5 Å². The van der Waals surface area contributed by atoms with Gasteiger partial charge >= 0.3 is 0 Å². The number of benzene rings is 1. The molecule has 2 rings (SSSR count). The zero-order valence-corrected chi connectivity index (χ0v) is 11.1. The molecule has 3 heteroatoms. The average molecular weight is 259 g/mol. The maximum atomic E-state index is 9.92. The highest BCUT2D eigenvalue weighted by Crippen LogP contribution is 2.17. The quantitative estimate of drug-likeness (QED) is 0.814. The largest absolute Gasteiger partial charge is 0.388 e. The minimum absolute atomic E-state index is 0.436. The van der Waals surface area contributed by atoms with Crippen molar-refractivity contribution in [2.24, 2.45) is 11.7 Å². The van der Waals surface area contributed by atoms with Gasteiger partial charge in [0.05, 0.1) is 6.10 Å². The fourth-order valence-electron chi connectivity index (χ4n) is 2.18. The summed E-state index contributed by atoms with van der Waals surface area (Å²) in [5, 5.41) is 9.92. The van der Waals surface area contributed by atoms with Gasteiger partial charge in [0.2, 0.25) is 0 Å². The number of nitrogens with two attached hydrogens (primary N) is 1. The molecule has 1 aliphatic rings. The van der Waals surface area contributed by atoms with Crippen LogP contribution in [0.5, 0.6) is 0 Å². The molecule has 1 aromatic carbocycles. The zero-order chi connectivity index (χ0) is 13.5. The fourth-order valence-corrected chi connectivity index (χ4v) is 2.18. The molecule has 1 aromatic rings. The molecule has 102 valence electrons. The van der Waals surface area contributed by atoms with Crippen LogP contribution < -0.4 is 5.73 Å². The molecule has 0 spiro atoms. The Morgan fingerprint density at radius 1 is 1.37 bits per heavy atom. The van der Waals surface area contributed by atoms with Crippen molar-refractivity contribution in [1.82, 2.24) is 0 Å². The summed E-state index contributed by atoms with van der Waals surface area (Å²) in [5.41, 5.74) is 7.31. The Hall–Kier alpha value is -1.34. The molecule has 1 unspecified atom stereocenters. The lowest BCUT2D eigenvalue weighted by molar-refractivity contribution is 0.0807. The number of hydrogen-bond donors (Lipinski definition) is 2. The topological polar surface area (TPSA) is 55.5 Å². The van der Waals surface area contributed by atoms with Crippen LogP contribution in [-0.2, 0) is 4.74 Å². The van der Waals surface area contributed by atoms with Crippen LogP contribution in [0.3, 0.4) is 0 Å². The van der Waals surface area contributed by atoms with Crippen molar-refractivity contribution in [2.45, 2.75) is 25.4 Å². The van der Waals surface area contributed by atoms with E-state index in [0.717, 1.165) is 37.2 Å². The fraction of sp³-hybridized carbons (Fsp3) is 0.500. The molecule has 1 atom stereocenters. The van der Waals surface area contributed by atoms with Gasteiger partial charge in [0, 0.05) is 24.7 Å². The molecule has 3 N–H and O–H groups in total. The van der Waals surface area contributed by atoms with Gasteiger partial charge in [0.15, 0.2) is 0 Å². The molecule has 0 saturated carbocycles. The molecule has 1 saturated heterocycles. The van der Waals surface area contributed by atoms with Gasteiger partial charge in [-0.3, -0.25) is 0 Å². The first kappa shape index (κ1) is 14.1. The van der Waals surface area contributed by atoms with Crippen LogP contribution in [0.25, 0.3) is 0 Å². The number of aliphatic hydroxyl groups excluding tert-OH is 1. The summed E-state index contributed by atoms with van der Waals surface area (Å²) < 4.78 is 5.32. The number of hydrogen-bond acceptors (Lipinski definition) is 3. The van der Waals surface area contributed by atoms with Crippen LogP contribution in [0.2, 0.25) is 0 Å². The predicted molar refractivity (Wildman–Crippen MR) is 75.5 cm³/mol. The van der Waals surface area contributed by atoms with E-state index in [1.54, 1.807) is 0 Å². The SMILES string of the molecule is NCCC(O)c1cccc(C#CC2CCOCC2)c1. The van der Waals surface area contributed by atoms with E-state index in [0.29, 0.717) is 18.9 Å². The second kappa shape index (κ2) is 7.30. The van der Waals surface area contributed by atoms with Crippen molar-refractivity contribution < 1.29 is 9.84 Å². The highest BCUT2D eigenvalue weighted by molar-refractivity contribution is 5.38. The smallest absolute Gasteiger partial charge is 0.0802 e. The van der Waals surface area contributed by atoms with Gasteiger partial charge in [-0.2, -0.15) is 0 Å². The van der Waals surface area contributed by atoms with Crippen LogP contribution in [0.4, 0.5) is 0 Å². The first-order valence-corrected chi connectivity index (χ1v) is 6.87. The summed E-state index contributed by atoms with van der Waals surface area (Å²) in [5.74, 6) is 6.94. The summed E-state index contributed by atoms with van der Waals surface area (Å²) in [7, 11) is 0. The monoisotopic (exact) mass is 259 g/mol. The van der Waals surface area contributed by atoms with Crippen LogP contribution in [-0.4, -0.2) is 24.9 Å². The molecule has 3 nitrogen and oxygen atoms in total. The number of ether oxygens (including phenoxy) is 1. The highest BCUT2D eigenvalue weighted by Gasteiger charge is 2.10. The Morgan fingerprint density at radius 2 is 2.16 bits per heavy atom. The van der Waals surface area contributed by atoms with Gasteiger partial charge in [0.1, 0.15) is 0 Å². The average Bonchev–Trinajstić information content (AvgIpc) is 2.47. The second-order valence-corrected chi connectivity index (χ2v) is 4.87. The third kappa shape index (κ3) is 4.36. The van der Waals surface area contributed by atoms with Gasteiger partial charge < -0.3 is 15.6 Å². The van der Waals surface area contributed by atoms with Crippen molar-refractivity contribution in [3.05, 3.63) is 35.4 Å². The first-order chi connectivity index (χ1) is 9.29. The van der Waals surface area contributed by atoms with E-state index in [9.17, 15) is 5.11 Å². The van der Waals surface area contributed by atoms with E-state index in [-0.39, 0.29) is 0 Å². The van der Waals surface area contributed by atoms with Crippen LogP contribution in [0.15, 0.2) is 24.3 Å². The lowest BCUT2D eigenvalue weighted by atomic mass is 9.99. The Labute approximate surface area is 114 Å². The minimum Gasteiger partial charge on any atom is -0.388 e. The minimum atomic E-state index is -0.491. The summed E-state index contributed by atoms with van der Waals surface area (Å²) in [6.07, 6.45) is 2.12. The first-order valence-electron chi connectivity index (χ1n) is 6.87. The van der Waals surface area contributed by atoms with Crippen molar-refractivity contribution >= 4 is 0 Å². The maximum absolute atomic E-state index is 9.92. The van der Waals surface area contributed by atoms with Gasteiger partial charge in [0.25, 0.3) is 0 Å². The van der Waals surface area contributed by atoms with Crippen LogP contribution >= 0.6 is 0 Å². The molecule has 0 bridgehead atoms. The highest BCUT2D eigenvalue weighted by atomic mass is 16.5. The molecule has 19 heavy (non-hydrogen) atoms. The van der Waals surface area contributed by atoms with Gasteiger partial charge in [-0.1, -0.05) is 24.0 Å². The molecule has 1 heterocycles. The lowest BCUT2D eigenvalue weighted by Crippen LogP contribution is -2.13. The van der Waals surface area contributed by atoms with E-state index < -0.39 is 6.10 Å². The molecule has 1 aliphatic heterocycles. The van der Waals surface area contributed by atoms with Crippen molar-refractivity contribution in [3.63, 3.8) is 0 Å². The third-order valence-corrected chi connectivity index (χ3v) is 3.35. The second-order valence-electron chi connectivity index (χ2n) is 4.87. The van der Waals surface area contributed by atoms with Crippen molar-refractivity contribution in [3.8, 4) is 11.8 Å². The molecule has 0 aliphatic carbocycles. The molecule has 0 aromatic heterocycles. The van der Waals surface area contributed by atoms with Crippen molar-refractivity contribution in [2.75, 3.05) is 19.8 Å². The zero-order valence-electron chi connectivity index (χ0n) is 11.1. The molecular formula is C16H21NO2. The predicted octanol–water partition coefficient (Wildman–Crippen LogP) is 1.85. The maximum Gasteiger partial charge on any atom is 0.0802 e. The summed E-state index contributed by atoms with van der Waals surface area (Å²) in [4.78, 5) is 0. The van der Waals surface area contributed by atoms with Crippen molar-refractivity contribution in [1.29, 1.82) is 0 Å². The molecule has 1 fully saturated rings. The molecule has 0 amide bonds. The van der Waals surface area contributed by atoms with E-state index in [1.807, 2.05) is 24.3 Å². The Balaban J connectivity index is 2.04. The number of aliphatic hydroxyl groups is 1. The summed E-state index contributed by atoms with van der Waals surface area (Å²) in [6.45, 7) is 2.11. The Morgan fingerprint density at radius 3 is 2.89 bits per heavy atom. The lowest BCUT2D eigenvalue weighted by Gasteiger charge is -2.16. The van der Waals surface area contributed by atoms with Gasteiger partial charge in [-0.15, -0.1) is 0 Å². The summed E-state index contributed by atoms with van der Waals surface area (Å²) in [6, 6.07) is 7.78. The van der Waals surface area contributed by atoms with Gasteiger partial charge in [-0.25, -0.2) is 0 Å². The standard InChI is InChI=1S/C16H21NO2/c17-9-6-16(18)15-3-1-2-14(12-15)5-4-13-7-10-19-11-8-13/h1-3,12-13,16,18H,6-11,17H2. The summed E-state index contributed by atoms with van der Waals surface area (Å²) >= 11 is 0. The Bertz CT molecular complexity index is 455. The molecule has 0 radical (unpaired) electrons. The van der Waals surface area contributed by atoms with E-state index in [2.05, 4.69) is 11.8 Å². The van der Waals surface area contributed by atoms with E-state index >= 15 is 0 Å². The molecular weight excluding hydrogens is 238 g/mol. The third-order valence-electron chi connectivity index (χ3n) is 3.35. The van der Waals surface area contributed by atoms with Crippen LogP contribution in [0.1, 0.15) is 36.5 Å². The normalized spacial score (nSPS) is 17.6. The Kier molecular flexibility index (Phi) is 5.41. The van der Waals surface area contributed by atoms with Crippen LogP contribution in [0, 0.1) is 17.8 Å².